The van der Waals surface area contributed by atoms with Gasteiger partial charge in [0.25, 0.3) is 0 Å². The predicted octanol–water partition coefficient (Wildman–Crippen LogP) is 10.3. The number of ether oxygens (including phenoxy) is 1. The third-order valence-electron chi connectivity index (χ3n) is 6.55. The normalized spacial score (nSPS) is 11.2. The monoisotopic (exact) mass is 438 g/mol. The number of carbonyl (C=O) groups is 1. The fraction of sp³-hybridized carbons (Fsp3) is 0.966. The number of rotatable bonds is 26. The van der Waals surface area contributed by atoms with E-state index in [2.05, 4.69) is 6.92 Å². The van der Waals surface area contributed by atoms with Crippen molar-refractivity contribution in [2.45, 2.75) is 174 Å². The Hall–Kier alpha value is -0.530. The zero-order valence-corrected chi connectivity index (χ0v) is 21.7. The highest BCUT2D eigenvalue weighted by Gasteiger charge is 1.98. The Kier molecular flexibility index (Phi) is 27.0. The van der Waals surface area contributed by atoms with Gasteiger partial charge in [0.05, 0.1) is 6.61 Å². The first-order chi connectivity index (χ1) is 15.3. The molecule has 0 unspecified atom stereocenters. The Morgan fingerprint density at radius 1 is 0.419 bits per heavy atom. The highest BCUT2D eigenvalue weighted by molar-refractivity contribution is 5.68. The molecule has 0 heterocycles. The van der Waals surface area contributed by atoms with Gasteiger partial charge in [-0.3, -0.25) is 4.79 Å². The summed E-state index contributed by atoms with van der Waals surface area (Å²) in [4.78, 5) is 11.0. The van der Waals surface area contributed by atoms with Gasteiger partial charge >= 0.3 is 5.97 Å². The van der Waals surface area contributed by atoms with Crippen molar-refractivity contribution < 1.29 is 9.53 Å². The molecule has 31 heavy (non-hydrogen) atoms. The predicted molar refractivity (Wildman–Crippen MR) is 138 cm³/mol. The van der Waals surface area contributed by atoms with Crippen LogP contribution in [-0.4, -0.2) is 12.6 Å². The van der Waals surface area contributed by atoms with Gasteiger partial charge in [-0.05, 0) is 6.42 Å². The van der Waals surface area contributed by atoms with Crippen LogP contribution < -0.4 is 0 Å². The Balaban J connectivity index is 3.01. The van der Waals surface area contributed by atoms with Crippen LogP contribution in [0.2, 0.25) is 0 Å². The largest absolute Gasteiger partial charge is 0.466 e. The molecule has 186 valence electrons. The van der Waals surface area contributed by atoms with Crippen molar-refractivity contribution in [1.82, 2.24) is 0 Å². The zero-order valence-electron chi connectivity index (χ0n) is 21.7. The van der Waals surface area contributed by atoms with E-state index in [0.29, 0.717) is 13.0 Å². The van der Waals surface area contributed by atoms with Crippen LogP contribution in [0.5, 0.6) is 0 Å². The molecule has 0 aliphatic rings. The second kappa shape index (κ2) is 27.5. The molecular formula is C29H58O2. The third-order valence-corrected chi connectivity index (χ3v) is 6.55. The topological polar surface area (TPSA) is 26.3 Å². The summed E-state index contributed by atoms with van der Waals surface area (Å²) in [6.45, 7) is 4.76. The molecule has 0 amide bonds. The van der Waals surface area contributed by atoms with E-state index in [0.717, 1.165) is 6.42 Å². The summed E-state index contributed by atoms with van der Waals surface area (Å²) in [5.41, 5.74) is 0. The molecule has 0 aromatic heterocycles. The van der Waals surface area contributed by atoms with Crippen LogP contribution in [0.1, 0.15) is 174 Å². The second-order valence-electron chi connectivity index (χ2n) is 9.71. The van der Waals surface area contributed by atoms with Gasteiger partial charge in [-0.1, -0.05) is 162 Å². The molecule has 0 aromatic rings. The summed E-state index contributed by atoms with van der Waals surface area (Å²) in [5.74, 6) is -0.0610. The standard InChI is InChI=1S/C29H58O2/c1-3-5-6-7-8-9-10-11-12-13-14-15-16-17-18-19-20-21-22-23-24-25-26-27-28-31-29(30)4-2/h3-28H2,1-2H3. The minimum atomic E-state index is -0.0610. The average Bonchev–Trinajstić information content (AvgIpc) is 2.78. The van der Waals surface area contributed by atoms with E-state index >= 15 is 0 Å². The van der Waals surface area contributed by atoms with Crippen molar-refractivity contribution in [2.24, 2.45) is 0 Å². The number of esters is 1. The van der Waals surface area contributed by atoms with Gasteiger partial charge in [-0.15, -0.1) is 0 Å². The summed E-state index contributed by atoms with van der Waals surface area (Å²) in [6.07, 6.45) is 34.3. The van der Waals surface area contributed by atoms with Crippen molar-refractivity contribution in [3.63, 3.8) is 0 Å². The van der Waals surface area contributed by atoms with Crippen molar-refractivity contribution in [3.05, 3.63) is 0 Å². The Morgan fingerprint density at radius 3 is 0.935 bits per heavy atom. The fourth-order valence-corrected chi connectivity index (χ4v) is 4.35. The maximum absolute atomic E-state index is 11.0. The Morgan fingerprint density at radius 2 is 0.677 bits per heavy atom. The molecule has 0 rings (SSSR count). The van der Waals surface area contributed by atoms with Gasteiger partial charge in [0, 0.05) is 6.42 Å². The third kappa shape index (κ3) is 27.4. The van der Waals surface area contributed by atoms with Crippen LogP contribution in [-0.2, 0) is 9.53 Å². The van der Waals surface area contributed by atoms with Crippen molar-refractivity contribution in [3.8, 4) is 0 Å². The molecule has 0 aliphatic carbocycles. The number of hydrogen-bond acceptors (Lipinski definition) is 2. The maximum atomic E-state index is 11.0. The summed E-state index contributed by atoms with van der Waals surface area (Å²) in [7, 11) is 0. The highest BCUT2D eigenvalue weighted by atomic mass is 16.5. The molecule has 2 heteroatoms. The first-order valence-electron chi connectivity index (χ1n) is 14.5. The van der Waals surface area contributed by atoms with E-state index in [1.807, 2.05) is 6.92 Å². The lowest BCUT2D eigenvalue weighted by Crippen LogP contribution is -2.03. The van der Waals surface area contributed by atoms with Gasteiger partial charge < -0.3 is 4.74 Å². The van der Waals surface area contributed by atoms with E-state index in [-0.39, 0.29) is 5.97 Å². The number of hydrogen-bond donors (Lipinski definition) is 0. The van der Waals surface area contributed by atoms with Gasteiger partial charge in [0.2, 0.25) is 0 Å². The SMILES string of the molecule is CCCCCCCCCCCCCCCCCCCCCCCCCCOC(=O)CC. The molecule has 0 N–H and O–H groups in total. The molecule has 0 aliphatic heterocycles. The van der Waals surface area contributed by atoms with E-state index in [1.165, 1.54) is 148 Å². The molecule has 0 atom stereocenters. The first kappa shape index (κ1) is 30.5. The van der Waals surface area contributed by atoms with Crippen LogP contribution >= 0.6 is 0 Å². The summed E-state index contributed by atoms with van der Waals surface area (Å²) in [6, 6.07) is 0. The molecule has 0 spiro atoms. The molecule has 0 radical (unpaired) electrons. The minimum absolute atomic E-state index is 0.0610. The van der Waals surface area contributed by atoms with Crippen molar-refractivity contribution in [2.75, 3.05) is 6.61 Å². The molecule has 0 saturated carbocycles. The van der Waals surface area contributed by atoms with Gasteiger partial charge in [-0.25, -0.2) is 0 Å². The second-order valence-corrected chi connectivity index (χ2v) is 9.71. The van der Waals surface area contributed by atoms with Gasteiger partial charge in [0.15, 0.2) is 0 Å². The minimum Gasteiger partial charge on any atom is -0.466 e. The summed E-state index contributed by atoms with van der Waals surface area (Å²) >= 11 is 0. The highest BCUT2D eigenvalue weighted by Crippen LogP contribution is 2.15. The van der Waals surface area contributed by atoms with Gasteiger partial charge in [0.1, 0.15) is 0 Å². The molecule has 2 nitrogen and oxygen atoms in total. The zero-order chi connectivity index (χ0) is 22.7. The van der Waals surface area contributed by atoms with E-state index in [1.54, 1.807) is 0 Å². The quantitative estimate of drug-likeness (QED) is 0.0991. The number of carbonyl (C=O) groups excluding carboxylic acids is 1. The average molecular weight is 439 g/mol. The molecule has 0 aromatic carbocycles. The molecule has 0 bridgehead atoms. The van der Waals surface area contributed by atoms with E-state index in [9.17, 15) is 4.79 Å². The van der Waals surface area contributed by atoms with Crippen molar-refractivity contribution >= 4 is 5.97 Å². The summed E-state index contributed by atoms with van der Waals surface area (Å²) < 4.78 is 5.10. The molecule has 0 saturated heterocycles. The van der Waals surface area contributed by atoms with Crippen LogP contribution in [0.4, 0.5) is 0 Å². The molecular weight excluding hydrogens is 380 g/mol. The van der Waals surface area contributed by atoms with Gasteiger partial charge in [-0.2, -0.15) is 0 Å². The number of unbranched alkanes of at least 4 members (excludes halogenated alkanes) is 23. The fourth-order valence-electron chi connectivity index (χ4n) is 4.35. The smallest absolute Gasteiger partial charge is 0.305 e. The lowest BCUT2D eigenvalue weighted by atomic mass is 10.0. The van der Waals surface area contributed by atoms with Crippen molar-refractivity contribution in [1.29, 1.82) is 0 Å². The lowest BCUT2D eigenvalue weighted by Gasteiger charge is -2.05. The summed E-state index contributed by atoms with van der Waals surface area (Å²) in [5, 5.41) is 0. The van der Waals surface area contributed by atoms with E-state index in [4.69, 9.17) is 4.74 Å². The van der Waals surface area contributed by atoms with E-state index < -0.39 is 0 Å². The maximum Gasteiger partial charge on any atom is 0.305 e. The van der Waals surface area contributed by atoms with Crippen LogP contribution in [0.25, 0.3) is 0 Å². The van der Waals surface area contributed by atoms with Crippen LogP contribution in [0.3, 0.4) is 0 Å². The van der Waals surface area contributed by atoms with Crippen LogP contribution in [0, 0.1) is 0 Å². The first-order valence-corrected chi connectivity index (χ1v) is 14.5. The lowest BCUT2D eigenvalue weighted by molar-refractivity contribution is -0.143. The Labute approximate surface area is 196 Å². The van der Waals surface area contributed by atoms with Crippen LogP contribution in [0.15, 0.2) is 0 Å². The Bertz CT molecular complexity index is 340. The molecule has 0 fully saturated rings.